The molecule has 1 heterocycles. The summed E-state index contributed by atoms with van der Waals surface area (Å²) in [6.45, 7) is 0. The molecule has 0 aliphatic carbocycles. The molecule has 1 aromatic carbocycles. The minimum Gasteiger partial charge on any atom is -0.422 e. The Bertz CT molecular complexity index is 492. The summed E-state index contributed by atoms with van der Waals surface area (Å²) in [4.78, 5) is 4.06. The summed E-state index contributed by atoms with van der Waals surface area (Å²) >= 11 is 23.6. The quantitative estimate of drug-likeness (QED) is 0.620. The van der Waals surface area contributed by atoms with Gasteiger partial charge in [-0.05, 0) is 0 Å². The zero-order chi connectivity index (χ0) is 11.2. The SMILES string of the molecule is CNc1nc2c(Cl)c(Cl)c(Cl)c(Cl)c2o1. The number of hydrogen-bond acceptors (Lipinski definition) is 3. The summed E-state index contributed by atoms with van der Waals surface area (Å²) in [5.41, 5.74) is 0.709. The van der Waals surface area contributed by atoms with E-state index in [1.165, 1.54) is 0 Å². The first-order valence-corrected chi connectivity index (χ1v) is 5.37. The lowest BCUT2D eigenvalue weighted by Gasteiger charge is -2.01. The molecule has 3 nitrogen and oxygen atoms in total. The van der Waals surface area contributed by atoms with Crippen LogP contribution >= 0.6 is 46.4 Å². The lowest BCUT2D eigenvalue weighted by molar-refractivity contribution is 0.620. The first kappa shape index (κ1) is 11.1. The van der Waals surface area contributed by atoms with E-state index in [9.17, 15) is 0 Å². The third-order valence-corrected chi connectivity index (χ3v) is 3.60. The highest BCUT2D eigenvalue weighted by Gasteiger charge is 2.19. The molecule has 0 atom stereocenters. The molecule has 80 valence electrons. The summed E-state index contributed by atoms with van der Waals surface area (Å²) in [6.07, 6.45) is 0. The van der Waals surface area contributed by atoms with Gasteiger partial charge in [0, 0.05) is 7.05 Å². The normalized spacial score (nSPS) is 11.0. The van der Waals surface area contributed by atoms with Crippen molar-refractivity contribution in [2.45, 2.75) is 0 Å². The Labute approximate surface area is 105 Å². The largest absolute Gasteiger partial charge is 0.422 e. The van der Waals surface area contributed by atoms with Crippen molar-refractivity contribution in [2.24, 2.45) is 0 Å². The van der Waals surface area contributed by atoms with Crippen LogP contribution in [-0.2, 0) is 0 Å². The van der Waals surface area contributed by atoms with Gasteiger partial charge in [0.2, 0.25) is 0 Å². The Balaban J connectivity index is 2.90. The Morgan fingerprint density at radius 1 is 1.00 bits per heavy atom. The number of benzene rings is 1. The molecule has 0 unspecified atom stereocenters. The topological polar surface area (TPSA) is 38.1 Å². The molecule has 15 heavy (non-hydrogen) atoms. The van der Waals surface area contributed by atoms with E-state index in [0.29, 0.717) is 17.1 Å². The van der Waals surface area contributed by atoms with Gasteiger partial charge in [-0.25, -0.2) is 0 Å². The smallest absolute Gasteiger partial charge is 0.295 e. The Morgan fingerprint density at radius 3 is 2.20 bits per heavy atom. The molecule has 0 radical (unpaired) electrons. The molecule has 0 saturated heterocycles. The van der Waals surface area contributed by atoms with Crippen LogP contribution in [-0.4, -0.2) is 12.0 Å². The first-order valence-electron chi connectivity index (χ1n) is 3.86. The lowest BCUT2D eigenvalue weighted by atomic mass is 10.3. The van der Waals surface area contributed by atoms with E-state index in [4.69, 9.17) is 50.8 Å². The van der Waals surface area contributed by atoms with Crippen LogP contribution in [0.25, 0.3) is 11.1 Å². The lowest BCUT2D eigenvalue weighted by Crippen LogP contribution is -1.85. The van der Waals surface area contributed by atoms with Crippen LogP contribution in [0.1, 0.15) is 0 Å². The second kappa shape index (κ2) is 3.91. The predicted octanol–water partition coefficient (Wildman–Crippen LogP) is 4.48. The van der Waals surface area contributed by atoms with Gasteiger partial charge in [0.25, 0.3) is 6.01 Å². The molecule has 2 aromatic rings. The number of anilines is 1. The molecule has 0 saturated carbocycles. The third kappa shape index (κ3) is 1.64. The molecule has 0 aliphatic rings. The second-order valence-electron chi connectivity index (χ2n) is 2.70. The molecule has 1 aromatic heterocycles. The Morgan fingerprint density at radius 2 is 1.60 bits per heavy atom. The van der Waals surface area contributed by atoms with Gasteiger partial charge in [0.15, 0.2) is 5.58 Å². The molecular weight excluding hydrogens is 282 g/mol. The van der Waals surface area contributed by atoms with Crippen molar-refractivity contribution in [2.75, 3.05) is 12.4 Å². The van der Waals surface area contributed by atoms with Gasteiger partial charge in [-0.1, -0.05) is 46.4 Å². The van der Waals surface area contributed by atoms with E-state index < -0.39 is 0 Å². The van der Waals surface area contributed by atoms with Gasteiger partial charge in [-0.15, -0.1) is 0 Å². The number of nitrogens with zero attached hydrogens (tertiary/aromatic N) is 1. The molecule has 0 amide bonds. The van der Waals surface area contributed by atoms with E-state index in [1.807, 2.05) is 0 Å². The maximum Gasteiger partial charge on any atom is 0.295 e. The summed E-state index contributed by atoms with van der Waals surface area (Å²) in [7, 11) is 1.66. The highest BCUT2D eigenvalue weighted by Crippen LogP contribution is 2.43. The van der Waals surface area contributed by atoms with E-state index in [2.05, 4.69) is 10.3 Å². The van der Waals surface area contributed by atoms with Gasteiger partial charge in [-0.3, -0.25) is 0 Å². The first-order chi connectivity index (χ1) is 7.06. The molecule has 0 spiro atoms. The minimum atomic E-state index is 0.162. The highest BCUT2D eigenvalue weighted by atomic mass is 35.5. The van der Waals surface area contributed by atoms with Crippen molar-refractivity contribution in [3.8, 4) is 0 Å². The van der Waals surface area contributed by atoms with Crippen molar-refractivity contribution in [3.05, 3.63) is 20.1 Å². The van der Waals surface area contributed by atoms with E-state index in [-0.39, 0.29) is 20.1 Å². The Kier molecular flexibility index (Phi) is 2.90. The maximum absolute atomic E-state index is 5.95. The van der Waals surface area contributed by atoms with E-state index in [0.717, 1.165) is 0 Å². The van der Waals surface area contributed by atoms with Crippen molar-refractivity contribution >= 4 is 63.5 Å². The Hall–Kier alpha value is -0.350. The third-order valence-electron chi connectivity index (χ3n) is 1.83. The standard InChI is InChI=1S/C8H4Cl4N2O/c1-13-8-14-6-4(11)2(9)3(10)5(12)7(6)15-8/h1H3,(H,13,14). The van der Waals surface area contributed by atoms with Gasteiger partial charge in [0.05, 0.1) is 15.1 Å². The fourth-order valence-corrected chi connectivity index (χ4v) is 2.03. The average molecular weight is 286 g/mol. The number of oxazole rings is 1. The minimum absolute atomic E-state index is 0.162. The van der Waals surface area contributed by atoms with Gasteiger partial charge in [0.1, 0.15) is 10.5 Å². The molecule has 7 heteroatoms. The summed E-state index contributed by atoms with van der Waals surface area (Å²) in [6, 6.07) is 0.298. The number of nitrogens with one attached hydrogen (secondary N) is 1. The van der Waals surface area contributed by atoms with Crippen LogP contribution in [0.5, 0.6) is 0 Å². The van der Waals surface area contributed by atoms with Crippen LogP contribution in [0.2, 0.25) is 20.1 Å². The zero-order valence-electron chi connectivity index (χ0n) is 7.37. The van der Waals surface area contributed by atoms with Gasteiger partial charge < -0.3 is 9.73 Å². The highest BCUT2D eigenvalue weighted by molar-refractivity contribution is 6.54. The van der Waals surface area contributed by atoms with Gasteiger partial charge in [-0.2, -0.15) is 4.98 Å². The number of rotatable bonds is 1. The summed E-state index contributed by atoms with van der Waals surface area (Å²) < 4.78 is 5.28. The van der Waals surface area contributed by atoms with Crippen LogP contribution in [0.4, 0.5) is 6.01 Å². The van der Waals surface area contributed by atoms with Crippen LogP contribution in [0.3, 0.4) is 0 Å². The second-order valence-corrected chi connectivity index (χ2v) is 4.21. The van der Waals surface area contributed by atoms with Gasteiger partial charge >= 0.3 is 0 Å². The van der Waals surface area contributed by atoms with E-state index in [1.54, 1.807) is 7.05 Å². The van der Waals surface area contributed by atoms with E-state index >= 15 is 0 Å². The number of halogens is 4. The molecule has 0 fully saturated rings. The van der Waals surface area contributed by atoms with Crippen molar-refractivity contribution in [3.63, 3.8) is 0 Å². The fraction of sp³-hybridized carbons (Fsp3) is 0.125. The van der Waals surface area contributed by atoms with Crippen molar-refractivity contribution < 1.29 is 4.42 Å². The molecular formula is C8H4Cl4N2O. The maximum atomic E-state index is 5.95. The molecule has 0 bridgehead atoms. The zero-order valence-corrected chi connectivity index (χ0v) is 10.4. The number of hydrogen-bond donors (Lipinski definition) is 1. The summed E-state index contributed by atoms with van der Waals surface area (Å²) in [5.74, 6) is 0. The fourth-order valence-electron chi connectivity index (χ4n) is 1.12. The number of aromatic nitrogens is 1. The summed E-state index contributed by atoms with van der Waals surface area (Å²) in [5, 5.41) is 3.50. The van der Waals surface area contributed by atoms with Crippen molar-refractivity contribution in [1.82, 2.24) is 4.98 Å². The monoisotopic (exact) mass is 284 g/mol. The average Bonchev–Trinajstić information content (AvgIpc) is 2.67. The number of fused-ring (bicyclic) bond motifs is 1. The van der Waals surface area contributed by atoms with Crippen LogP contribution in [0.15, 0.2) is 4.42 Å². The molecule has 2 rings (SSSR count). The predicted molar refractivity (Wildman–Crippen MR) is 63.6 cm³/mol. The van der Waals surface area contributed by atoms with Crippen molar-refractivity contribution in [1.29, 1.82) is 0 Å². The van der Waals surface area contributed by atoms with Crippen LogP contribution < -0.4 is 5.32 Å². The van der Waals surface area contributed by atoms with Crippen LogP contribution in [0, 0.1) is 0 Å². The molecule has 1 N–H and O–H groups in total. The molecule has 0 aliphatic heterocycles.